The quantitative estimate of drug-likeness (QED) is 0.685. The summed E-state index contributed by atoms with van der Waals surface area (Å²) in [5.41, 5.74) is 0. The first kappa shape index (κ1) is 16.9. The highest BCUT2D eigenvalue weighted by molar-refractivity contribution is 7.97. The summed E-state index contributed by atoms with van der Waals surface area (Å²) in [5, 5.41) is 1.27. The van der Waals surface area contributed by atoms with Crippen molar-refractivity contribution in [3.05, 3.63) is 28.2 Å². The Morgan fingerprint density at radius 3 is 2.27 bits per heavy atom. The van der Waals surface area contributed by atoms with Crippen molar-refractivity contribution in [1.82, 2.24) is 9.21 Å². The minimum Gasteiger partial charge on any atom is -0.300 e. The number of benzene rings is 1. The molecule has 2 fully saturated rings. The molecule has 0 saturated carbocycles. The van der Waals surface area contributed by atoms with Crippen LogP contribution in [-0.4, -0.2) is 41.4 Å². The van der Waals surface area contributed by atoms with Gasteiger partial charge < -0.3 is 4.90 Å². The van der Waals surface area contributed by atoms with Crippen molar-refractivity contribution in [3.63, 3.8) is 0 Å². The Hall–Kier alpha value is 0.0700. The molecule has 2 saturated heterocycles. The number of hydrogen-bond donors (Lipinski definition) is 0. The third kappa shape index (κ3) is 4.33. The first-order valence-electron chi connectivity index (χ1n) is 8.24. The Morgan fingerprint density at radius 2 is 1.64 bits per heavy atom. The SMILES string of the molecule is CC1CCN(C2CCN(Sc3ccc(Cl)c(Cl)c3)CC2)CC1. The predicted molar refractivity (Wildman–Crippen MR) is 96.9 cm³/mol. The summed E-state index contributed by atoms with van der Waals surface area (Å²) in [6.45, 7) is 7.29. The smallest absolute Gasteiger partial charge is 0.0603 e. The van der Waals surface area contributed by atoms with Crippen molar-refractivity contribution in [1.29, 1.82) is 0 Å². The van der Waals surface area contributed by atoms with Crippen LogP contribution in [0.5, 0.6) is 0 Å². The Labute approximate surface area is 148 Å². The van der Waals surface area contributed by atoms with Crippen LogP contribution in [-0.2, 0) is 0 Å². The molecule has 2 aliphatic heterocycles. The maximum absolute atomic E-state index is 6.10. The highest BCUT2D eigenvalue weighted by Gasteiger charge is 2.27. The third-order valence-corrected chi connectivity index (χ3v) is 6.71. The summed E-state index contributed by atoms with van der Waals surface area (Å²) < 4.78 is 2.46. The van der Waals surface area contributed by atoms with Gasteiger partial charge in [-0.2, -0.15) is 0 Å². The van der Waals surface area contributed by atoms with E-state index >= 15 is 0 Å². The zero-order valence-electron chi connectivity index (χ0n) is 13.1. The number of hydrogen-bond acceptors (Lipinski definition) is 3. The largest absolute Gasteiger partial charge is 0.300 e. The lowest BCUT2D eigenvalue weighted by Crippen LogP contribution is -2.46. The van der Waals surface area contributed by atoms with E-state index < -0.39 is 0 Å². The van der Waals surface area contributed by atoms with Crippen LogP contribution in [0.2, 0.25) is 10.0 Å². The fraction of sp³-hybridized carbons (Fsp3) is 0.647. The Balaban J connectivity index is 1.48. The first-order valence-corrected chi connectivity index (χ1v) is 9.77. The van der Waals surface area contributed by atoms with E-state index in [1.54, 1.807) is 0 Å². The Kier molecular flexibility index (Phi) is 5.97. The summed E-state index contributed by atoms with van der Waals surface area (Å²) in [6, 6.07) is 6.69. The summed E-state index contributed by atoms with van der Waals surface area (Å²) in [4.78, 5) is 3.90. The number of halogens is 2. The normalized spacial score (nSPS) is 23.0. The maximum Gasteiger partial charge on any atom is 0.0603 e. The molecule has 0 radical (unpaired) electrons. The average molecular weight is 359 g/mol. The Morgan fingerprint density at radius 1 is 0.955 bits per heavy atom. The van der Waals surface area contributed by atoms with Crippen molar-refractivity contribution in [3.8, 4) is 0 Å². The van der Waals surface area contributed by atoms with E-state index in [0.717, 1.165) is 25.0 Å². The molecule has 122 valence electrons. The van der Waals surface area contributed by atoms with Crippen LogP contribution < -0.4 is 0 Å². The minimum absolute atomic E-state index is 0.629. The predicted octanol–water partition coefficient (Wildman–Crippen LogP) is 5.20. The molecule has 0 N–H and O–H groups in total. The first-order chi connectivity index (χ1) is 10.6. The maximum atomic E-state index is 6.10. The van der Waals surface area contributed by atoms with E-state index in [1.807, 2.05) is 24.1 Å². The fourth-order valence-corrected chi connectivity index (χ4v) is 4.73. The van der Waals surface area contributed by atoms with Crippen molar-refractivity contribution in [2.24, 2.45) is 5.92 Å². The number of likely N-dealkylation sites (tertiary alicyclic amines) is 1. The topological polar surface area (TPSA) is 6.48 Å². The van der Waals surface area contributed by atoms with Crippen molar-refractivity contribution < 1.29 is 0 Å². The van der Waals surface area contributed by atoms with E-state index in [9.17, 15) is 0 Å². The van der Waals surface area contributed by atoms with Gasteiger partial charge in [0.2, 0.25) is 0 Å². The van der Waals surface area contributed by atoms with Gasteiger partial charge in [0, 0.05) is 24.0 Å². The summed E-state index contributed by atoms with van der Waals surface area (Å²) in [7, 11) is 0. The standard InChI is InChI=1S/C17H24Cl2N2S/c1-13-4-8-20(9-5-13)14-6-10-21(11-7-14)22-15-2-3-16(18)17(19)12-15/h2-3,12-14H,4-11H2,1H3. The monoisotopic (exact) mass is 358 g/mol. The number of rotatable bonds is 3. The molecular formula is C17H24Cl2N2S. The molecule has 0 bridgehead atoms. The van der Waals surface area contributed by atoms with Crippen LogP contribution in [0.1, 0.15) is 32.6 Å². The molecule has 1 aromatic rings. The molecule has 0 spiro atoms. The highest BCUT2D eigenvalue weighted by Crippen LogP contribution is 2.32. The molecular weight excluding hydrogens is 335 g/mol. The highest BCUT2D eigenvalue weighted by atomic mass is 35.5. The lowest BCUT2D eigenvalue weighted by atomic mass is 9.95. The van der Waals surface area contributed by atoms with Gasteiger partial charge in [-0.25, -0.2) is 4.31 Å². The van der Waals surface area contributed by atoms with Crippen LogP contribution in [0.25, 0.3) is 0 Å². The third-order valence-electron chi connectivity index (χ3n) is 4.88. The lowest BCUT2D eigenvalue weighted by molar-refractivity contribution is 0.103. The van der Waals surface area contributed by atoms with Crippen LogP contribution in [0.3, 0.4) is 0 Å². The van der Waals surface area contributed by atoms with E-state index in [-0.39, 0.29) is 0 Å². The van der Waals surface area contributed by atoms with E-state index in [4.69, 9.17) is 23.2 Å². The van der Waals surface area contributed by atoms with Gasteiger partial charge in [-0.3, -0.25) is 0 Å². The second-order valence-corrected chi connectivity index (χ2v) is 8.53. The molecule has 0 aromatic heterocycles. The van der Waals surface area contributed by atoms with Gasteiger partial charge in [0.15, 0.2) is 0 Å². The summed E-state index contributed by atoms with van der Waals surface area (Å²) >= 11 is 13.9. The van der Waals surface area contributed by atoms with Gasteiger partial charge in [-0.1, -0.05) is 30.1 Å². The van der Waals surface area contributed by atoms with E-state index in [1.165, 1.54) is 43.7 Å². The molecule has 2 aliphatic rings. The van der Waals surface area contributed by atoms with Crippen LogP contribution in [0.4, 0.5) is 0 Å². The van der Waals surface area contributed by atoms with E-state index in [2.05, 4.69) is 22.2 Å². The van der Waals surface area contributed by atoms with Crippen molar-refractivity contribution in [2.75, 3.05) is 26.2 Å². The van der Waals surface area contributed by atoms with Gasteiger partial charge >= 0.3 is 0 Å². The van der Waals surface area contributed by atoms with Crippen LogP contribution in [0, 0.1) is 5.92 Å². The van der Waals surface area contributed by atoms with Gasteiger partial charge in [-0.05, 0) is 74.8 Å². The molecule has 0 unspecified atom stereocenters. The molecule has 0 aliphatic carbocycles. The molecule has 22 heavy (non-hydrogen) atoms. The number of nitrogens with zero attached hydrogens (tertiary/aromatic N) is 2. The Bertz CT molecular complexity index is 495. The van der Waals surface area contributed by atoms with Crippen LogP contribution in [0.15, 0.2) is 23.1 Å². The van der Waals surface area contributed by atoms with Gasteiger partial charge in [0.25, 0.3) is 0 Å². The van der Waals surface area contributed by atoms with Gasteiger partial charge in [0.05, 0.1) is 10.0 Å². The minimum atomic E-state index is 0.629. The van der Waals surface area contributed by atoms with Crippen molar-refractivity contribution >= 4 is 35.1 Å². The molecule has 2 heterocycles. The van der Waals surface area contributed by atoms with Crippen molar-refractivity contribution in [2.45, 2.75) is 43.5 Å². The fourth-order valence-electron chi connectivity index (χ4n) is 3.38. The lowest BCUT2D eigenvalue weighted by Gasteiger charge is -2.41. The second-order valence-electron chi connectivity index (χ2n) is 6.55. The molecule has 3 rings (SSSR count). The summed E-state index contributed by atoms with van der Waals surface area (Å²) in [6.07, 6.45) is 5.31. The number of piperidine rings is 2. The van der Waals surface area contributed by atoms with E-state index in [0.29, 0.717) is 10.0 Å². The van der Waals surface area contributed by atoms with Crippen LogP contribution >= 0.6 is 35.1 Å². The molecule has 1 aromatic carbocycles. The molecule has 2 nitrogen and oxygen atoms in total. The molecule has 5 heteroatoms. The zero-order chi connectivity index (χ0) is 15.5. The molecule has 0 atom stereocenters. The van der Waals surface area contributed by atoms with Gasteiger partial charge in [0.1, 0.15) is 0 Å². The van der Waals surface area contributed by atoms with Gasteiger partial charge in [-0.15, -0.1) is 0 Å². The second kappa shape index (κ2) is 7.76. The molecule has 0 amide bonds. The average Bonchev–Trinajstić information content (AvgIpc) is 2.53. The summed E-state index contributed by atoms with van der Waals surface area (Å²) in [5.74, 6) is 0.918. The zero-order valence-corrected chi connectivity index (χ0v) is 15.4.